The van der Waals surface area contributed by atoms with E-state index in [-0.39, 0.29) is 29.8 Å². The molecule has 2 aromatic rings. The Morgan fingerprint density at radius 1 is 1.12 bits per heavy atom. The first-order valence-corrected chi connectivity index (χ1v) is 7.71. The van der Waals surface area contributed by atoms with E-state index in [1.165, 1.54) is 12.1 Å². The Kier molecular flexibility index (Phi) is 9.90. The fourth-order valence-corrected chi connectivity index (χ4v) is 2.04. The molecule has 0 unspecified atom stereocenters. The molecule has 0 amide bonds. The summed E-state index contributed by atoms with van der Waals surface area (Å²) in [7, 11) is 1.75. The van der Waals surface area contributed by atoms with Crippen LogP contribution in [0.1, 0.15) is 6.42 Å². The van der Waals surface area contributed by atoms with Crippen LogP contribution in [0.2, 0.25) is 0 Å². The molecule has 0 fully saturated rings. The summed E-state index contributed by atoms with van der Waals surface area (Å²) in [6.45, 7) is 3.02. The number of ether oxygens (including phenoxy) is 1. The molecule has 1 aromatic carbocycles. The molecule has 0 aliphatic carbocycles. The highest BCUT2D eigenvalue weighted by atomic mass is 127. The summed E-state index contributed by atoms with van der Waals surface area (Å²) in [5.41, 5.74) is 0. The molecule has 0 saturated heterocycles. The lowest BCUT2D eigenvalue weighted by Crippen LogP contribution is -2.39. The van der Waals surface area contributed by atoms with Crippen LogP contribution in [-0.4, -0.2) is 37.3 Å². The zero-order chi connectivity index (χ0) is 16.3. The fourth-order valence-electron chi connectivity index (χ4n) is 2.04. The van der Waals surface area contributed by atoms with Crippen LogP contribution >= 0.6 is 24.0 Å². The van der Waals surface area contributed by atoms with Crippen LogP contribution in [0.4, 0.5) is 4.39 Å². The third-order valence-corrected chi connectivity index (χ3v) is 3.25. The monoisotopic (exact) mass is 446 g/mol. The van der Waals surface area contributed by atoms with E-state index in [9.17, 15) is 4.39 Å². The average molecular weight is 446 g/mol. The number of hydrogen-bond acceptors (Lipinski definition) is 2. The highest BCUT2D eigenvalue weighted by Crippen LogP contribution is 2.10. The fraction of sp³-hybridized carbons (Fsp3) is 0.353. The highest BCUT2D eigenvalue weighted by Gasteiger charge is 1.98. The Hall–Kier alpha value is -1.77. The molecule has 0 saturated carbocycles. The van der Waals surface area contributed by atoms with E-state index in [0.29, 0.717) is 12.4 Å². The Labute approximate surface area is 159 Å². The Bertz CT molecular complexity index is 587. The normalized spacial score (nSPS) is 10.8. The Morgan fingerprint density at radius 3 is 2.46 bits per heavy atom. The molecule has 7 heteroatoms. The topological polar surface area (TPSA) is 50.6 Å². The molecule has 0 radical (unpaired) electrons. The van der Waals surface area contributed by atoms with Crippen molar-refractivity contribution in [2.45, 2.75) is 13.0 Å². The third-order valence-electron chi connectivity index (χ3n) is 3.25. The van der Waals surface area contributed by atoms with Gasteiger partial charge >= 0.3 is 0 Å². The molecule has 24 heavy (non-hydrogen) atoms. The predicted molar refractivity (Wildman–Crippen MR) is 106 cm³/mol. The van der Waals surface area contributed by atoms with Gasteiger partial charge in [0.05, 0.1) is 6.61 Å². The quantitative estimate of drug-likeness (QED) is 0.284. The number of hydrogen-bond donors (Lipinski definition) is 2. The Balaban J connectivity index is 0.00000288. The number of aromatic nitrogens is 1. The summed E-state index contributed by atoms with van der Waals surface area (Å²) in [6, 6.07) is 10.1. The van der Waals surface area contributed by atoms with Crippen molar-refractivity contribution >= 4 is 29.9 Å². The van der Waals surface area contributed by atoms with Crippen LogP contribution in [0.15, 0.2) is 53.8 Å². The molecular weight excluding hydrogens is 422 g/mol. The zero-order valence-electron chi connectivity index (χ0n) is 13.7. The van der Waals surface area contributed by atoms with E-state index in [2.05, 4.69) is 20.2 Å². The van der Waals surface area contributed by atoms with Crippen molar-refractivity contribution < 1.29 is 9.13 Å². The summed E-state index contributed by atoms with van der Waals surface area (Å²) in [5, 5.41) is 6.49. The number of guanidine groups is 1. The second kappa shape index (κ2) is 11.7. The van der Waals surface area contributed by atoms with Gasteiger partial charge in [-0.1, -0.05) is 0 Å². The van der Waals surface area contributed by atoms with Crippen molar-refractivity contribution in [3.8, 4) is 5.75 Å². The van der Waals surface area contributed by atoms with Crippen molar-refractivity contribution in [1.82, 2.24) is 15.2 Å². The molecule has 132 valence electrons. The molecule has 0 bridgehead atoms. The summed E-state index contributed by atoms with van der Waals surface area (Å²) in [5.74, 6) is 1.20. The van der Waals surface area contributed by atoms with Gasteiger partial charge in [-0.05, 0) is 42.8 Å². The van der Waals surface area contributed by atoms with E-state index in [0.717, 1.165) is 32.0 Å². The van der Waals surface area contributed by atoms with Gasteiger partial charge in [0.1, 0.15) is 11.6 Å². The van der Waals surface area contributed by atoms with Crippen LogP contribution in [0.3, 0.4) is 0 Å². The number of halogens is 2. The molecule has 0 atom stereocenters. The van der Waals surface area contributed by atoms with Gasteiger partial charge in [0, 0.05) is 39.1 Å². The summed E-state index contributed by atoms with van der Waals surface area (Å²) < 4.78 is 20.4. The van der Waals surface area contributed by atoms with Gasteiger partial charge in [-0.2, -0.15) is 0 Å². The van der Waals surface area contributed by atoms with Crippen LogP contribution in [0, 0.1) is 5.82 Å². The number of nitrogens with one attached hydrogen (secondary N) is 2. The molecule has 1 aromatic heterocycles. The molecule has 0 aliphatic rings. The van der Waals surface area contributed by atoms with Crippen molar-refractivity contribution in [2.75, 3.05) is 26.7 Å². The lowest BCUT2D eigenvalue weighted by Gasteiger charge is -2.12. The smallest absolute Gasteiger partial charge is 0.191 e. The van der Waals surface area contributed by atoms with E-state index in [1.807, 2.05) is 24.5 Å². The van der Waals surface area contributed by atoms with Crippen molar-refractivity contribution in [2.24, 2.45) is 4.99 Å². The van der Waals surface area contributed by atoms with Crippen LogP contribution < -0.4 is 15.4 Å². The Morgan fingerprint density at radius 2 is 1.79 bits per heavy atom. The standard InChI is InChI=1S/C17H23FN4O.HI/c1-19-17(21-10-13-22-11-2-3-12-22)20-9-4-14-23-16-7-5-15(18)6-8-16;/h2-3,5-8,11-12H,4,9-10,13-14H2,1H3,(H2,19,20,21);1H. The average Bonchev–Trinajstić information content (AvgIpc) is 3.08. The molecular formula is C17H24FIN4O. The van der Waals surface area contributed by atoms with E-state index < -0.39 is 0 Å². The van der Waals surface area contributed by atoms with Crippen LogP contribution in [0.25, 0.3) is 0 Å². The molecule has 2 N–H and O–H groups in total. The van der Waals surface area contributed by atoms with Gasteiger partial charge in [0.15, 0.2) is 5.96 Å². The van der Waals surface area contributed by atoms with Gasteiger partial charge in [0.2, 0.25) is 0 Å². The summed E-state index contributed by atoms with van der Waals surface area (Å²) in [6.07, 6.45) is 4.89. The molecule has 5 nitrogen and oxygen atoms in total. The number of benzene rings is 1. The van der Waals surface area contributed by atoms with Gasteiger partial charge in [-0.15, -0.1) is 24.0 Å². The lowest BCUT2D eigenvalue weighted by atomic mass is 10.3. The van der Waals surface area contributed by atoms with Gasteiger partial charge in [0.25, 0.3) is 0 Å². The second-order valence-corrected chi connectivity index (χ2v) is 5.00. The van der Waals surface area contributed by atoms with Gasteiger partial charge in [-0.3, -0.25) is 4.99 Å². The maximum absolute atomic E-state index is 12.8. The van der Waals surface area contributed by atoms with Crippen molar-refractivity contribution in [3.05, 3.63) is 54.6 Å². The number of rotatable bonds is 8. The molecule has 0 aliphatic heterocycles. The minimum Gasteiger partial charge on any atom is -0.494 e. The maximum atomic E-state index is 12.8. The van der Waals surface area contributed by atoms with Gasteiger partial charge in [-0.25, -0.2) is 4.39 Å². The minimum atomic E-state index is -0.256. The largest absolute Gasteiger partial charge is 0.494 e. The predicted octanol–water partition coefficient (Wildman–Crippen LogP) is 2.88. The van der Waals surface area contributed by atoms with Gasteiger partial charge < -0.3 is 19.9 Å². The first kappa shape index (κ1) is 20.3. The molecule has 2 rings (SSSR count). The summed E-state index contributed by atoms with van der Waals surface area (Å²) in [4.78, 5) is 4.18. The van der Waals surface area contributed by atoms with Crippen LogP contribution in [0.5, 0.6) is 5.75 Å². The first-order valence-electron chi connectivity index (χ1n) is 7.71. The third kappa shape index (κ3) is 7.67. The zero-order valence-corrected chi connectivity index (χ0v) is 16.1. The van der Waals surface area contributed by atoms with E-state index in [1.54, 1.807) is 19.2 Å². The van der Waals surface area contributed by atoms with E-state index in [4.69, 9.17) is 4.74 Å². The second-order valence-electron chi connectivity index (χ2n) is 5.00. The van der Waals surface area contributed by atoms with Crippen molar-refractivity contribution in [3.63, 3.8) is 0 Å². The maximum Gasteiger partial charge on any atom is 0.191 e. The molecule has 1 heterocycles. The van der Waals surface area contributed by atoms with E-state index >= 15 is 0 Å². The minimum absolute atomic E-state index is 0. The number of aliphatic imine (C=N–C) groups is 1. The SMILES string of the molecule is CN=C(NCCCOc1ccc(F)cc1)NCCn1cccc1.I. The van der Waals surface area contributed by atoms with Crippen molar-refractivity contribution in [1.29, 1.82) is 0 Å². The molecule has 0 spiro atoms. The number of nitrogens with zero attached hydrogens (tertiary/aromatic N) is 2. The van der Waals surface area contributed by atoms with Crippen LogP contribution in [-0.2, 0) is 6.54 Å². The summed E-state index contributed by atoms with van der Waals surface area (Å²) >= 11 is 0. The first-order chi connectivity index (χ1) is 11.3. The highest BCUT2D eigenvalue weighted by molar-refractivity contribution is 14.0. The lowest BCUT2D eigenvalue weighted by molar-refractivity contribution is 0.310.